The first-order chi connectivity index (χ1) is 10.1. The SMILES string of the molecule is CCn1ncc(Br)c1C(NC)c1cccc(OC(F)F)c1. The lowest BCUT2D eigenvalue weighted by molar-refractivity contribution is -0.0498. The molecule has 1 unspecified atom stereocenters. The Bertz CT molecular complexity index is 604. The molecule has 0 amide bonds. The Morgan fingerprint density at radius 1 is 1.43 bits per heavy atom. The molecule has 7 heteroatoms. The molecule has 1 aromatic heterocycles. The zero-order valence-electron chi connectivity index (χ0n) is 11.7. The maximum absolute atomic E-state index is 12.3. The molecule has 21 heavy (non-hydrogen) atoms. The van der Waals surface area contributed by atoms with Gasteiger partial charge in [-0.25, -0.2) is 0 Å². The second-order valence-electron chi connectivity index (χ2n) is 4.37. The molecule has 0 spiro atoms. The van der Waals surface area contributed by atoms with Crippen molar-refractivity contribution in [2.45, 2.75) is 26.1 Å². The summed E-state index contributed by atoms with van der Waals surface area (Å²) in [6.45, 7) is -0.126. The first kappa shape index (κ1) is 15.9. The molecular weight excluding hydrogens is 344 g/mol. The Morgan fingerprint density at radius 3 is 2.81 bits per heavy atom. The molecule has 4 nitrogen and oxygen atoms in total. The van der Waals surface area contributed by atoms with Crippen LogP contribution in [0.15, 0.2) is 34.9 Å². The largest absolute Gasteiger partial charge is 0.435 e. The lowest BCUT2D eigenvalue weighted by Gasteiger charge is -2.19. The van der Waals surface area contributed by atoms with Gasteiger partial charge in [-0.05, 0) is 47.6 Å². The van der Waals surface area contributed by atoms with Crippen LogP contribution in [0.3, 0.4) is 0 Å². The average molecular weight is 360 g/mol. The number of nitrogens with zero attached hydrogens (tertiary/aromatic N) is 2. The van der Waals surface area contributed by atoms with E-state index in [0.717, 1.165) is 15.7 Å². The number of alkyl halides is 2. The quantitative estimate of drug-likeness (QED) is 0.856. The number of aromatic nitrogens is 2. The van der Waals surface area contributed by atoms with E-state index in [0.29, 0.717) is 6.54 Å². The van der Waals surface area contributed by atoms with Crippen LogP contribution >= 0.6 is 15.9 Å². The van der Waals surface area contributed by atoms with Gasteiger partial charge in [-0.1, -0.05) is 12.1 Å². The fourth-order valence-electron chi connectivity index (χ4n) is 2.24. The molecule has 0 bridgehead atoms. The summed E-state index contributed by atoms with van der Waals surface area (Å²) in [6.07, 6.45) is 1.72. The molecule has 0 saturated carbocycles. The van der Waals surface area contributed by atoms with Crippen molar-refractivity contribution in [3.63, 3.8) is 0 Å². The monoisotopic (exact) mass is 359 g/mol. The summed E-state index contributed by atoms with van der Waals surface area (Å²) in [5, 5.41) is 7.46. The predicted octanol–water partition coefficient (Wildman–Crippen LogP) is 3.58. The number of halogens is 3. The molecule has 0 radical (unpaired) electrons. The van der Waals surface area contributed by atoms with Gasteiger partial charge in [0.2, 0.25) is 0 Å². The molecule has 0 aliphatic rings. The normalized spacial score (nSPS) is 12.7. The molecule has 0 aliphatic heterocycles. The molecule has 1 aromatic carbocycles. The number of nitrogens with one attached hydrogen (secondary N) is 1. The fourth-order valence-corrected chi connectivity index (χ4v) is 2.77. The topological polar surface area (TPSA) is 39.1 Å². The van der Waals surface area contributed by atoms with Gasteiger partial charge in [-0.2, -0.15) is 13.9 Å². The van der Waals surface area contributed by atoms with Gasteiger partial charge in [0.25, 0.3) is 0 Å². The maximum Gasteiger partial charge on any atom is 0.387 e. The molecule has 1 heterocycles. The van der Waals surface area contributed by atoms with Crippen molar-refractivity contribution in [1.82, 2.24) is 15.1 Å². The van der Waals surface area contributed by atoms with E-state index in [2.05, 4.69) is 31.1 Å². The molecule has 114 valence electrons. The zero-order chi connectivity index (χ0) is 15.4. The van der Waals surface area contributed by atoms with Crippen LogP contribution in [0.5, 0.6) is 5.75 Å². The number of rotatable bonds is 6. The summed E-state index contributed by atoms with van der Waals surface area (Å²) >= 11 is 3.48. The molecule has 0 fully saturated rings. The van der Waals surface area contributed by atoms with Gasteiger partial charge < -0.3 is 10.1 Å². The highest BCUT2D eigenvalue weighted by Gasteiger charge is 2.20. The number of ether oxygens (including phenoxy) is 1. The van der Waals surface area contributed by atoms with Crippen LogP contribution in [0.4, 0.5) is 8.78 Å². The Morgan fingerprint density at radius 2 is 2.19 bits per heavy atom. The van der Waals surface area contributed by atoms with Crippen molar-refractivity contribution in [3.8, 4) is 5.75 Å². The highest BCUT2D eigenvalue weighted by molar-refractivity contribution is 9.10. The Hall–Kier alpha value is -1.47. The van der Waals surface area contributed by atoms with E-state index >= 15 is 0 Å². The van der Waals surface area contributed by atoms with Crippen molar-refractivity contribution in [2.75, 3.05) is 7.05 Å². The second kappa shape index (κ2) is 7.00. The zero-order valence-corrected chi connectivity index (χ0v) is 13.3. The van der Waals surface area contributed by atoms with Crippen LogP contribution in [-0.4, -0.2) is 23.4 Å². The van der Waals surface area contributed by atoms with Gasteiger partial charge in [-0.15, -0.1) is 0 Å². The molecule has 1 atom stereocenters. The Balaban J connectivity index is 2.39. The second-order valence-corrected chi connectivity index (χ2v) is 5.22. The van der Waals surface area contributed by atoms with E-state index in [-0.39, 0.29) is 11.8 Å². The molecule has 2 aromatic rings. The highest BCUT2D eigenvalue weighted by Crippen LogP contribution is 2.30. The van der Waals surface area contributed by atoms with Crippen molar-refractivity contribution in [2.24, 2.45) is 0 Å². The van der Waals surface area contributed by atoms with Crippen LogP contribution in [0, 0.1) is 0 Å². The van der Waals surface area contributed by atoms with Crippen LogP contribution in [-0.2, 0) is 6.54 Å². The Kier molecular flexibility index (Phi) is 5.30. The number of aryl methyl sites for hydroxylation is 1. The third kappa shape index (κ3) is 3.59. The fraction of sp³-hybridized carbons (Fsp3) is 0.357. The average Bonchev–Trinajstić information content (AvgIpc) is 2.81. The van der Waals surface area contributed by atoms with Crippen molar-refractivity contribution >= 4 is 15.9 Å². The lowest BCUT2D eigenvalue weighted by Crippen LogP contribution is -2.22. The van der Waals surface area contributed by atoms with E-state index in [1.807, 2.05) is 24.7 Å². The van der Waals surface area contributed by atoms with Crippen LogP contribution in [0.1, 0.15) is 24.2 Å². The summed E-state index contributed by atoms with van der Waals surface area (Å²) in [6, 6.07) is 6.49. The minimum absolute atomic E-state index is 0.140. The van der Waals surface area contributed by atoms with Gasteiger partial charge in [0.1, 0.15) is 5.75 Å². The van der Waals surface area contributed by atoms with Crippen molar-refractivity contribution in [1.29, 1.82) is 0 Å². The van der Waals surface area contributed by atoms with E-state index in [9.17, 15) is 8.78 Å². The highest BCUT2D eigenvalue weighted by atomic mass is 79.9. The maximum atomic E-state index is 12.3. The number of benzene rings is 1. The predicted molar refractivity (Wildman–Crippen MR) is 79.6 cm³/mol. The van der Waals surface area contributed by atoms with Crippen molar-refractivity contribution < 1.29 is 13.5 Å². The summed E-state index contributed by atoms with van der Waals surface area (Å²) in [5.74, 6) is 0.140. The number of hydrogen-bond acceptors (Lipinski definition) is 3. The third-order valence-electron chi connectivity index (χ3n) is 3.11. The molecule has 0 aliphatic carbocycles. The van der Waals surface area contributed by atoms with Gasteiger partial charge in [0, 0.05) is 6.54 Å². The molecule has 1 N–H and O–H groups in total. The first-order valence-electron chi connectivity index (χ1n) is 6.50. The minimum atomic E-state index is -2.83. The lowest BCUT2D eigenvalue weighted by atomic mass is 10.0. The van der Waals surface area contributed by atoms with Crippen molar-refractivity contribution in [3.05, 3.63) is 46.2 Å². The van der Waals surface area contributed by atoms with Gasteiger partial charge >= 0.3 is 6.61 Å². The van der Waals surface area contributed by atoms with Crippen LogP contribution in [0.25, 0.3) is 0 Å². The standard InChI is InChI=1S/C14H16BrF2N3O/c1-3-20-13(11(15)8-19-20)12(18-2)9-5-4-6-10(7-9)21-14(16)17/h4-8,12,14,18H,3H2,1-2H3. The van der Waals surface area contributed by atoms with Crippen LogP contribution < -0.4 is 10.1 Å². The summed E-state index contributed by atoms with van der Waals surface area (Å²) in [4.78, 5) is 0. The molecule has 2 rings (SSSR count). The molecule has 0 saturated heterocycles. The van der Waals surface area contributed by atoms with E-state index in [1.54, 1.807) is 18.3 Å². The summed E-state index contributed by atoms with van der Waals surface area (Å²) in [5.41, 5.74) is 1.76. The van der Waals surface area contributed by atoms with E-state index in [1.165, 1.54) is 6.07 Å². The summed E-state index contributed by atoms with van der Waals surface area (Å²) in [7, 11) is 1.81. The van der Waals surface area contributed by atoms with E-state index < -0.39 is 6.61 Å². The molecular formula is C14H16BrF2N3O. The smallest absolute Gasteiger partial charge is 0.387 e. The van der Waals surface area contributed by atoms with Gasteiger partial charge in [-0.3, -0.25) is 4.68 Å². The third-order valence-corrected chi connectivity index (χ3v) is 3.72. The first-order valence-corrected chi connectivity index (χ1v) is 7.29. The van der Waals surface area contributed by atoms with E-state index in [4.69, 9.17) is 0 Å². The number of hydrogen-bond donors (Lipinski definition) is 1. The summed E-state index contributed by atoms with van der Waals surface area (Å²) < 4.78 is 31.8. The Labute approximate surface area is 130 Å². The van der Waals surface area contributed by atoms with Gasteiger partial charge in [0.05, 0.1) is 22.4 Å². The van der Waals surface area contributed by atoms with Gasteiger partial charge in [0.15, 0.2) is 0 Å². The van der Waals surface area contributed by atoms with Crippen LogP contribution in [0.2, 0.25) is 0 Å². The minimum Gasteiger partial charge on any atom is -0.435 e.